The molecule has 0 aromatic rings. The largest absolute Gasteiger partial charge is 0.283 e. The van der Waals surface area contributed by atoms with Crippen molar-refractivity contribution in [2.45, 2.75) is 32.1 Å². The first kappa shape index (κ1) is 8.12. The molecule has 58 valence electrons. The van der Waals surface area contributed by atoms with Crippen molar-refractivity contribution in [2.75, 3.05) is 12.8 Å². The average molecular weight is 157 g/mol. The fourth-order valence-corrected chi connectivity index (χ4v) is 1.76. The summed E-state index contributed by atoms with van der Waals surface area (Å²) in [5.41, 5.74) is 0. The number of hydrogen-bond acceptors (Lipinski definition) is 2. The van der Waals surface area contributed by atoms with Crippen LogP contribution in [0.3, 0.4) is 0 Å². The molecule has 1 aliphatic rings. The van der Waals surface area contributed by atoms with E-state index in [1.54, 1.807) is 0 Å². The van der Waals surface area contributed by atoms with Crippen molar-refractivity contribution in [1.29, 1.82) is 0 Å². The second-order valence-electron chi connectivity index (χ2n) is 2.64. The Kier molecular flexibility index (Phi) is 3.88. The van der Waals surface area contributed by atoms with Crippen LogP contribution in [0.2, 0.25) is 0 Å². The van der Waals surface area contributed by atoms with E-state index in [9.17, 15) is 0 Å². The van der Waals surface area contributed by atoms with E-state index in [0.717, 1.165) is 6.54 Å². The molecule has 1 heterocycles. The second-order valence-corrected chi connectivity index (χ2v) is 3.52. The number of rotatable bonds is 0. The van der Waals surface area contributed by atoms with Gasteiger partial charge in [0.2, 0.25) is 0 Å². The molecule has 0 bridgehead atoms. The fraction of sp³-hybridized carbons (Fsp3) is 0.875. The van der Waals surface area contributed by atoms with Gasteiger partial charge in [-0.3, -0.25) is 4.99 Å². The molecule has 0 fully saturated rings. The normalized spacial score (nSPS) is 21.1. The molecule has 1 aliphatic heterocycles. The molecule has 0 aliphatic carbocycles. The summed E-state index contributed by atoms with van der Waals surface area (Å²) < 4.78 is 0. The molecule has 1 nitrogen and oxygen atoms in total. The summed E-state index contributed by atoms with van der Waals surface area (Å²) in [6.45, 7) is 1.07. The maximum Gasteiger partial charge on any atom is 0.0673 e. The molecule has 0 amide bonds. The van der Waals surface area contributed by atoms with Crippen molar-refractivity contribution >= 4 is 16.8 Å². The quantitative estimate of drug-likeness (QED) is 0.526. The maximum absolute atomic E-state index is 4.48. The molecule has 2 heteroatoms. The van der Waals surface area contributed by atoms with Crippen LogP contribution in [0.25, 0.3) is 0 Å². The lowest BCUT2D eigenvalue weighted by Gasteiger charge is -2.07. The summed E-state index contributed by atoms with van der Waals surface area (Å²) in [5.74, 6) is 0. The maximum atomic E-state index is 4.48. The molecule has 0 atom stereocenters. The van der Waals surface area contributed by atoms with Gasteiger partial charge in [-0.15, -0.1) is 11.8 Å². The van der Waals surface area contributed by atoms with Crippen molar-refractivity contribution in [1.82, 2.24) is 0 Å². The van der Waals surface area contributed by atoms with Crippen molar-refractivity contribution in [2.24, 2.45) is 4.99 Å². The molecule has 0 aromatic heterocycles. The third kappa shape index (κ3) is 2.74. The Morgan fingerprint density at radius 2 is 2.00 bits per heavy atom. The highest BCUT2D eigenvalue weighted by Crippen LogP contribution is 2.13. The van der Waals surface area contributed by atoms with Gasteiger partial charge < -0.3 is 0 Å². The van der Waals surface area contributed by atoms with Gasteiger partial charge in [-0.05, 0) is 25.5 Å². The molecule has 1 rings (SSSR count). The summed E-state index contributed by atoms with van der Waals surface area (Å²) in [5, 5.41) is 1.36. The Balaban J connectivity index is 2.35. The Morgan fingerprint density at radius 1 is 1.20 bits per heavy atom. The fourth-order valence-electron chi connectivity index (χ4n) is 1.19. The zero-order valence-corrected chi connectivity index (χ0v) is 7.41. The van der Waals surface area contributed by atoms with E-state index in [1.807, 2.05) is 11.8 Å². The van der Waals surface area contributed by atoms with E-state index in [4.69, 9.17) is 0 Å². The first-order valence-electron chi connectivity index (χ1n) is 4.01. The zero-order chi connectivity index (χ0) is 7.23. The lowest BCUT2D eigenvalue weighted by Crippen LogP contribution is -1.98. The van der Waals surface area contributed by atoms with E-state index in [1.165, 1.54) is 37.1 Å². The summed E-state index contributed by atoms with van der Waals surface area (Å²) >= 11 is 1.82. The summed E-state index contributed by atoms with van der Waals surface area (Å²) in [6, 6.07) is 0. The molecule has 0 unspecified atom stereocenters. The van der Waals surface area contributed by atoms with Crippen LogP contribution in [0.5, 0.6) is 0 Å². The van der Waals surface area contributed by atoms with Gasteiger partial charge in [0.15, 0.2) is 0 Å². The number of aliphatic imine (C=N–C) groups is 1. The smallest absolute Gasteiger partial charge is 0.0673 e. The van der Waals surface area contributed by atoms with E-state index >= 15 is 0 Å². The topological polar surface area (TPSA) is 12.4 Å². The number of thioether (sulfide) groups is 1. The third-order valence-electron chi connectivity index (χ3n) is 1.82. The monoisotopic (exact) mass is 157 g/mol. The van der Waals surface area contributed by atoms with Gasteiger partial charge in [-0.1, -0.05) is 12.8 Å². The van der Waals surface area contributed by atoms with Gasteiger partial charge >= 0.3 is 0 Å². The average Bonchev–Trinajstić information content (AvgIpc) is 1.87. The summed E-state index contributed by atoms with van der Waals surface area (Å²) in [7, 11) is 0. The lowest BCUT2D eigenvalue weighted by molar-refractivity contribution is 0.647. The minimum absolute atomic E-state index is 1.07. The van der Waals surface area contributed by atoms with Gasteiger partial charge in [-0.25, -0.2) is 0 Å². The molecule has 0 saturated carbocycles. The van der Waals surface area contributed by atoms with Gasteiger partial charge in [0, 0.05) is 6.54 Å². The van der Waals surface area contributed by atoms with Crippen LogP contribution >= 0.6 is 11.8 Å². The van der Waals surface area contributed by atoms with Crippen molar-refractivity contribution < 1.29 is 0 Å². The lowest BCUT2D eigenvalue weighted by atomic mass is 10.1. The Hall–Kier alpha value is 0.0200. The van der Waals surface area contributed by atoms with Gasteiger partial charge in [0.25, 0.3) is 0 Å². The minimum atomic E-state index is 1.07. The van der Waals surface area contributed by atoms with Crippen molar-refractivity contribution in [3.63, 3.8) is 0 Å². The van der Waals surface area contributed by atoms with Crippen LogP contribution in [0.15, 0.2) is 4.99 Å². The van der Waals surface area contributed by atoms with Crippen LogP contribution in [0.4, 0.5) is 0 Å². The molecule has 0 saturated heterocycles. The minimum Gasteiger partial charge on any atom is -0.283 e. The van der Waals surface area contributed by atoms with Gasteiger partial charge in [-0.2, -0.15) is 0 Å². The number of nitrogens with zero attached hydrogens (tertiary/aromatic N) is 1. The molecular formula is C8H15NS. The second kappa shape index (κ2) is 4.78. The van der Waals surface area contributed by atoms with Gasteiger partial charge in [0.05, 0.1) is 5.04 Å². The predicted octanol–water partition coefficient (Wildman–Crippen LogP) is 2.71. The highest BCUT2D eigenvalue weighted by molar-refractivity contribution is 8.13. The zero-order valence-electron chi connectivity index (χ0n) is 6.60. The Morgan fingerprint density at radius 3 is 2.80 bits per heavy atom. The van der Waals surface area contributed by atoms with Crippen LogP contribution < -0.4 is 0 Å². The SMILES string of the molecule is CSC1=NCCCCCC1. The first-order chi connectivity index (χ1) is 4.93. The van der Waals surface area contributed by atoms with E-state index < -0.39 is 0 Å². The molecule has 0 radical (unpaired) electrons. The van der Waals surface area contributed by atoms with Crippen molar-refractivity contribution in [3.05, 3.63) is 0 Å². The molecular weight excluding hydrogens is 142 g/mol. The summed E-state index contributed by atoms with van der Waals surface area (Å²) in [4.78, 5) is 4.48. The van der Waals surface area contributed by atoms with E-state index in [-0.39, 0.29) is 0 Å². The summed E-state index contributed by atoms with van der Waals surface area (Å²) in [6.07, 6.45) is 8.77. The molecule has 0 spiro atoms. The molecule has 0 aromatic carbocycles. The standard InChI is InChI=1S/C8H15NS/c1-10-8-6-4-2-3-5-7-9-8/h2-7H2,1H3. The van der Waals surface area contributed by atoms with Crippen LogP contribution in [0.1, 0.15) is 32.1 Å². The number of hydrogen-bond donors (Lipinski definition) is 0. The van der Waals surface area contributed by atoms with Crippen LogP contribution in [0, 0.1) is 0 Å². The predicted molar refractivity (Wildman–Crippen MR) is 48.9 cm³/mol. The third-order valence-corrected chi connectivity index (χ3v) is 2.63. The Bertz CT molecular complexity index is 120. The van der Waals surface area contributed by atoms with Crippen LogP contribution in [-0.2, 0) is 0 Å². The highest BCUT2D eigenvalue weighted by Gasteiger charge is 2.00. The van der Waals surface area contributed by atoms with Gasteiger partial charge in [0.1, 0.15) is 0 Å². The Labute approximate surface area is 67.3 Å². The van der Waals surface area contributed by atoms with E-state index in [0.29, 0.717) is 0 Å². The molecule has 0 N–H and O–H groups in total. The highest BCUT2D eigenvalue weighted by atomic mass is 32.2. The van der Waals surface area contributed by atoms with Crippen LogP contribution in [-0.4, -0.2) is 17.8 Å². The van der Waals surface area contributed by atoms with Crippen molar-refractivity contribution in [3.8, 4) is 0 Å². The van der Waals surface area contributed by atoms with E-state index in [2.05, 4.69) is 11.2 Å². The molecule has 10 heavy (non-hydrogen) atoms. The first-order valence-corrected chi connectivity index (χ1v) is 5.23.